The first-order valence-electron chi connectivity index (χ1n) is 7.46. The van der Waals surface area contributed by atoms with Crippen molar-refractivity contribution in [3.8, 4) is 6.07 Å². The van der Waals surface area contributed by atoms with Gasteiger partial charge in [-0.1, -0.05) is 22.6 Å². The van der Waals surface area contributed by atoms with Crippen LogP contribution in [0.5, 0.6) is 0 Å². The van der Waals surface area contributed by atoms with Crippen molar-refractivity contribution in [2.24, 2.45) is 0 Å². The second kappa shape index (κ2) is 7.75. The zero-order valence-corrected chi connectivity index (χ0v) is 14.5. The number of nitrogens with zero attached hydrogens (tertiary/aromatic N) is 1. The highest BCUT2D eigenvalue weighted by Gasteiger charge is 2.52. The summed E-state index contributed by atoms with van der Waals surface area (Å²) in [4.78, 5) is 11.3. The maximum Gasteiger partial charge on any atom is 0.305 e. The summed E-state index contributed by atoms with van der Waals surface area (Å²) in [5.41, 5.74) is -0.236. The predicted octanol–water partition coefficient (Wildman–Crippen LogP) is 2.75. The first-order chi connectivity index (χ1) is 10.1. The van der Waals surface area contributed by atoms with Crippen LogP contribution in [-0.2, 0) is 19.0 Å². The Hall–Kier alpha value is -0.390. The average Bonchev–Trinajstić information content (AvgIpc) is 2.88. The van der Waals surface area contributed by atoms with E-state index in [-0.39, 0.29) is 29.9 Å². The second-order valence-corrected chi connectivity index (χ2v) is 6.54. The molecule has 2 fully saturated rings. The van der Waals surface area contributed by atoms with Gasteiger partial charge in [0.25, 0.3) is 0 Å². The van der Waals surface area contributed by atoms with Gasteiger partial charge in [-0.2, -0.15) is 5.26 Å². The molecular weight excluding hydrogens is 385 g/mol. The van der Waals surface area contributed by atoms with E-state index in [9.17, 15) is 4.79 Å². The van der Waals surface area contributed by atoms with Crippen LogP contribution in [0.1, 0.15) is 44.9 Å². The number of halogens is 1. The molecular formula is C15H22INO4. The van der Waals surface area contributed by atoms with Crippen LogP contribution in [0.3, 0.4) is 0 Å². The van der Waals surface area contributed by atoms with E-state index < -0.39 is 0 Å². The minimum absolute atomic E-state index is 0.0681. The number of alkyl halides is 1. The van der Waals surface area contributed by atoms with Crippen LogP contribution in [0, 0.1) is 11.3 Å². The van der Waals surface area contributed by atoms with Crippen molar-refractivity contribution in [3.05, 3.63) is 0 Å². The van der Waals surface area contributed by atoms with Gasteiger partial charge in [0.15, 0.2) is 0 Å². The largest absolute Gasteiger partial charge is 0.469 e. The van der Waals surface area contributed by atoms with E-state index in [2.05, 4.69) is 33.4 Å². The van der Waals surface area contributed by atoms with Crippen LogP contribution in [0.15, 0.2) is 0 Å². The topological polar surface area (TPSA) is 68.5 Å². The number of esters is 1. The smallest absolute Gasteiger partial charge is 0.305 e. The van der Waals surface area contributed by atoms with Gasteiger partial charge in [0.2, 0.25) is 0 Å². The van der Waals surface area contributed by atoms with E-state index in [0.29, 0.717) is 19.3 Å². The van der Waals surface area contributed by atoms with Crippen molar-refractivity contribution in [1.82, 2.24) is 0 Å². The van der Waals surface area contributed by atoms with Crippen LogP contribution < -0.4 is 0 Å². The van der Waals surface area contributed by atoms with Gasteiger partial charge < -0.3 is 14.2 Å². The van der Waals surface area contributed by atoms with Crippen LogP contribution in [0.4, 0.5) is 0 Å². The third-order valence-corrected chi connectivity index (χ3v) is 5.66. The van der Waals surface area contributed by atoms with Crippen molar-refractivity contribution < 1.29 is 19.0 Å². The molecule has 1 unspecified atom stereocenters. The highest BCUT2D eigenvalue weighted by Crippen LogP contribution is 2.44. The zero-order valence-electron chi connectivity index (χ0n) is 12.3. The Bertz CT molecular complexity index is 411. The lowest BCUT2D eigenvalue weighted by Crippen LogP contribution is -2.49. The maximum atomic E-state index is 11.3. The third-order valence-electron chi connectivity index (χ3n) is 4.37. The molecule has 118 valence electrons. The lowest BCUT2D eigenvalue weighted by atomic mass is 9.87. The fourth-order valence-corrected chi connectivity index (χ4v) is 4.24. The number of carbonyl (C=O) groups is 1. The standard InChI is InChI=1S/C15H22INO4/c1-19-14(18)7-5-12-9-15(10-16)13(20-12)6-4-11(21-15)3-2-8-17/h11-13H,2-7,9-10H2,1H3/t11-,12?,13-,15+/m0/s1. The van der Waals surface area contributed by atoms with E-state index in [1.807, 2.05) is 0 Å². The normalized spacial score (nSPS) is 35.0. The minimum Gasteiger partial charge on any atom is -0.469 e. The Morgan fingerprint density at radius 1 is 1.43 bits per heavy atom. The van der Waals surface area contributed by atoms with Crippen molar-refractivity contribution in [2.45, 2.75) is 68.9 Å². The number of rotatable bonds is 6. The molecule has 0 aromatic rings. The first kappa shape index (κ1) is 17.0. The summed E-state index contributed by atoms with van der Waals surface area (Å²) in [5.74, 6) is -0.190. The number of ether oxygens (including phenoxy) is 3. The van der Waals surface area contributed by atoms with Gasteiger partial charge in [-0.25, -0.2) is 0 Å². The highest BCUT2D eigenvalue weighted by atomic mass is 127. The molecule has 2 rings (SSSR count). The maximum absolute atomic E-state index is 11.3. The Morgan fingerprint density at radius 2 is 2.24 bits per heavy atom. The summed E-state index contributed by atoms with van der Waals surface area (Å²) >= 11 is 2.36. The summed E-state index contributed by atoms with van der Waals surface area (Å²) in [6.45, 7) is 0. The minimum atomic E-state index is -0.236. The number of hydrogen-bond acceptors (Lipinski definition) is 5. The molecule has 0 aliphatic carbocycles. The van der Waals surface area contributed by atoms with Gasteiger partial charge in [0, 0.05) is 23.7 Å². The van der Waals surface area contributed by atoms with Gasteiger partial charge >= 0.3 is 5.97 Å². The fraction of sp³-hybridized carbons (Fsp3) is 0.867. The monoisotopic (exact) mass is 407 g/mol. The Balaban J connectivity index is 1.92. The van der Waals surface area contributed by atoms with E-state index in [1.165, 1.54) is 7.11 Å². The molecule has 21 heavy (non-hydrogen) atoms. The van der Waals surface area contributed by atoms with E-state index in [4.69, 9.17) is 14.7 Å². The van der Waals surface area contributed by atoms with Crippen molar-refractivity contribution in [3.63, 3.8) is 0 Å². The van der Waals surface area contributed by atoms with Crippen molar-refractivity contribution >= 4 is 28.6 Å². The molecule has 0 aromatic carbocycles. The molecule has 0 radical (unpaired) electrons. The lowest BCUT2D eigenvalue weighted by Gasteiger charge is -2.41. The molecule has 5 nitrogen and oxygen atoms in total. The van der Waals surface area contributed by atoms with E-state index >= 15 is 0 Å². The molecule has 0 spiro atoms. The number of carbonyl (C=O) groups excluding carboxylic acids is 1. The van der Waals surface area contributed by atoms with Crippen molar-refractivity contribution in [2.75, 3.05) is 11.5 Å². The molecule has 0 aromatic heterocycles. The third kappa shape index (κ3) is 4.08. The summed E-state index contributed by atoms with van der Waals surface area (Å²) in [6, 6.07) is 2.19. The van der Waals surface area contributed by atoms with Gasteiger partial charge in [0.05, 0.1) is 31.5 Å². The number of fused-ring (bicyclic) bond motifs is 1. The summed E-state index contributed by atoms with van der Waals surface area (Å²) < 4.78 is 18.0. The van der Waals surface area contributed by atoms with Gasteiger partial charge in [0.1, 0.15) is 5.60 Å². The fourth-order valence-electron chi connectivity index (χ4n) is 3.26. The predicted molar refractivity (Wildman–Crippen MR) is 85.1 cm³/mol. The molecule has 0 amide bonds. The molecule has 2 aliphatic rings. The van der Waals surface area contributed by atoms with E-state index in [1.54, 1.807) is 0 Å². The lowest BCUT2D eigenvalue weighted by molar-refractivity contribution is -0.153. The number of hydrogen-bond donors (Lipinski definition) is 0. The van der Waals surface area contributed by atoms with Gasteiger partial charge in [-0.3, -0.25) is 4.79 Å². The zero-order chi connectivity index (χ0) is 15.3. The number of nitriles is 1. The van der Waals surface area contributed by atoms with Crippen molar-refractivity contribution in [1.29, 1.82) is 5.26 Å². The quantitative estimate of drug-likeness (QED) is 0.385. The van der Waals surface area contributed by atoms with Crippen LogP contribution in [0.2, 0.25) is 0 Å². The molecule has 6 heteroatoms. The van der Waals surface area contributed by atoms with Crippen LogP contribution in [-0.4, -0.2) is 41.4 Å². The number of methoxy groups -OCH3 is 1. The first-order valence-corrected chi connectivity index (χ1v) is 8.99. The van der Waals surface area contributed by atoms with Crippen LogP contribution in [0.25, 0.3) is 0 Å². The Kier molecular flexibility index (Phi) is 6.26. The molecule has 2 heterocycles. The molecule has 0 N–H and O–H groups in total. The SMILES string of the molecule is COC(=O)CCC1C[C@]2(CI)O[C@@H](CCC#N)CC[C@@H]2O1. The summed E-state index contributed by atoms with van der Waals surface area (Å²) in [6.07, 6.45) is 5.54. The van der Waals surface area contributed by atoms with Gasteiger partial charge in [-0.15, -0.1) is 0 Å². The second-order valence-electron chi connectivity index (χ2n) is 5.78. The molecule has 2 saturated heterocycles. The highest BCUT2D eigenvalue weighted by molar-refractivity contribution is 14.1. The molecule has 0 saturated carbocycles. The van der Waals surface area contributed by atoms with E-state index in [0.717, 1.165) is 30.1 Å². The van der Waals surface area contributed by atoms with Gasteiger partial charge in [-0.05, 0) is 25.7 Å². The van der Waals surface area contributed by atoms with Crippen LogP contribution >= 0.6 is 22.6 Å². The molecule has 4 atom stereocenters. The average molecular weight is 407 g/mol. The Morgan fingerprint density at radius 3 is 2.90 bits per heavy atom. The Labute approximate surface area is 139 Å². The summed E-state index contributed by atoms with van der Waals surface area (Å²) in [5, 5.41) is 8.72. The summed E-state index contributed by atoms with van der Waals surface area (Å²) in [7, 11) is 1.41. The molecule has 0 bridgehead atoms. The molecule has 2 aliphatic heterocycles.